The number of nitrogen functional groups attached to an aromatic ring is 1. The molecule has 0 radical (unpaired) electrons. The molecule has 0 bridgehead atoms. The summed E-state index contributed by atoms with van der Waals surface area (Å²) in [5.74, 6) is -6.19. The number of nitrogens with one attached hydrogen (secondary N) is 3. The number of carbonyl (C=O) groups excluding carboxylic acids is 1. The summed E-state index contributed by atoms with van der Waals surface area (Å²) < 4.78 is 61.4. The topological polar surface area (TPSA) is 130 Å². The van der Waals surface area contributed by atoms with Crippen LogP contribution in [-0.4, -0.2) is 33.9 Å². The van der Waals surface area contributed by atoms with E-state index in [4.69, 9.17) is 15.9 Å². The van der Waals surface area contributed by atoms with E-state index in [0.29, 0.717) is 12.5 Å². The Balaban J connectivity index is 0. The number of nitrogens with two attached hydrogens (primary N) is 1. The number of benzene rings is 1. The summed E-state index contributed by atoms with van der Waals surface area (Å²) in [5.41, 5.74) is 3.76. The predicted molar refractivity (Wildman–Crippen MR) is 110 cm³/mol. The molecule has 0 aliphatic rings. The summed E-state index contributed by atoms with van der Waals surface area (Å²) >= 11 is 0. The second kappa shape index (κ2) is 9.37. The van der Waals surface area contributed by atoms with Gasteiger partial charge in [-0.15, -0.1) is 0 Å². The van der Waals surface area contributed by atoms with Crippen LogP contribution in [-0.2, 0) is 15.7 Å². The van der Waals surface area contributed by atoms with Crippen molar-refractivity contribution in [2.75, 3.05) is 28.6 Å². The highest BCUT2D eigenvalue weighted by Crippen LogP contribution is 2.26. The fourth-order valence-electron chi connectivity index (χ4n) is 2.27. The highest BCUT2D eigenvalue weighted by Gasteiger charge is 2.25. The molecule has 1 amide bonds. The van der Waals surface area contributed by atoms with Crippen molar-refractivity contribution in [1.82, 2.24) is 4.98 Å². The van der Waals surface area contributed by atoms with Gasteiger partial charge in [0, 0.05) is 16.1 Å². The molecule has 0 aliphatic heterocycles. The minimum Gasteiger partial charge on any atom is -0.481 e. The lowest BCUT2D eigenvalue weighted by atomic mass is 10.1. The Morgan fingerprint density at radius 3 is 2.66 bits per heavy atom. The molecule has 1 atom stereocenters. The van der Waals surface area contributed by atoms with Crippen molar-refractivity contribution in [3.63, 3.8) is 0 Å². The van der Waals surface area contributed by atoms with Gasteiger partial charge in [-0.1, -0.05) is 6.92 Å². The zero-order valence-electron chi connectivity index (χ0n) is 15.4. The van der Waals surface area contributed by atoms with Crippen LogP contribution in [0, 0.1) is 22.9 Å². The molecule has 12 heteroatoms. The van der Waals surface area contributed by atoms with Crippen LogP contribution in [0.5, 0.6) is 0 Å². The third-order valence-electron chi connectivity index (χ3n) is 3.62. The number of rotatable bonds is 7. The number of anilines is 3. The molecule has 0 aliphatic carbocycles. The Morgan fingerprint density at radius 1 is 1.34 bits per heavy atom. The number of pyridine rings is 1. The van der Waals surface area contributed by atoms with Gasteiger partial charge >= 0.3 is 0 Å². The lowest BCUT2D eigenvalue weighted by molar-refractivity contribution is 0.101. The Labute approximate surface area is 171 Å². The summed E-state index contributed by atoms with van der Waals surface area (Å²) in [7, 11) is -0.516. The van der Waals surface area contributed by atoms with Gasteiger partial charge in [-0.05, 0) is 12.5 Å². The standard InChI is InChI=1S/C17H18F3N5O3S.3H2/c1-3-4-29(27)25-11-6-10(18)13(19)12(14(11)20)17(26)24-8-5-9(16(22)28-2)15(21)23-7-8;;;/h5-7,22,25H,3-4H2,1-2H3,(H2,21,23)(H,24,26);3*1H. The Bertz CT molecular complexity index is 1000. The lowest BCUT2D eigenvalue weighted by Crippen LogP contribution is -2.20. The molecule has 1 aromatic carbocycles. The van der Waals surface area contributed by atoms with Gasteiger partial charge in [0.25, 0.3) is 5.91 Å². The van der Waals surface area contributed by atoms with Gasteiger partial charge in [0.1, 0.15) is 22.4 Å². The van der Waals surface area contributed by atoms with Gasteiger partial charge in [-0.2, -0.15) is 0 Å². The van der Waals surface area contributed by atoms with E-state index in [0.717, 1.165) is 6.20 Å². The van der Waals surface area contributed by atoms with Gasteiger partial charge < -0.3 is 20.5 Å². The molecule has 1 aromatic heterocycles. The fraction of sp³-hybridized carbons (Fsp3) is 0.235. The van der Waals surface area contributed by atoms with Crippen LogP contribution in [0.3, 0.4) is 0 Å². The predicted octanol–water partition coefficient (Wildman–Crippen LogP) is 3.53. The van der Waals surface area contributed by atoms with Crippen LogP contribution in [0.4, 0.5) is 30.4 Å². The fourth-order valence-corrected chi connectivity index (χ4v) is 3.13. The molecule has 2 aromatic rings. The minimum atomic E-state index is -1.74. The lowest BCUT2D eigenvalue weighted by Gasteiger charge is -2.13. The monoisotopic (exact) mass is 435 g/mol. The van der Waals surface area contributed by atoms with Crippen molar-refractivity contribution in [1.29, 1.82) is 5.41 Å². The molecule has 0 saturated heterocycles. The van der Waals surface area contributed by atoms with E-state index >= 15 is 0 Å². The number of methoxy groups -OCH3 is 1. The number of nitrogens with zero attached hydrogens (tertiary/aromatic N) is 1. The molecule has 1 unspecified atom stereocenters. The van der Waals surface area contributed by atoms with Crippen molar-refractivity contribution in [3.8, 4) is 0 Å². The van der Waals surface area contributed by atoms with E-state index in [-0.39, 0.29) is 33.0 Å². The van der Waals surface area contributed by atoms with Gasteiger partial charge in [-0.25, -0.2) is 22.4 Å². The van der Waals surface area contributed by atoms with Gasteiger partial charge in [0.2, 0.25) is 5.90 Å². The van der Waals surface area contributed by atoms with Crippen LogP contribution < -0.4 is 15.8 Å². The maximum atomic E-state index is 14.6. The number of ether oxygens (including phenoxy) is 1. The third-order valence-corrected chi connectivity index (χ3v) is 4.85. The van der Waals surface area contributed by atoms with E-state index in [1.165, 1.54) is 13.2 Å². The molecule has 0 fully saturated rings. The maximum absolute atomic E-state index is 14.6. The summed E-state index contributed by atoms with van der Waals surface area (Å²) in [6.07, 6.45) is 1.59. The third kappa shape index (κ3) is 5.02. The number of halogens is 3. The van der Waals surface area contributed by atoms with Crippen molar-refractivity contribution in [3.05, 3.63) is 46.9 Å². The van der Waals surface area contributed by atoms with E-state index in [2.05, 4.69) is 15.0 Å². The first-order valence-corrected chi connectivity index (χ1v) is 9.53. The second-order valence-corrected chi connectivity index (χ2v) is 7.01. The second-order valence-electron chi connectivity index (χ2n) is 5.70. The summed E-state index contributed by atoms with van der Waals surface area (Å²) in [5, 5.41) is 9.78. The van der Waals surface area contributed by atoms with Crippen LogP contribution in [0.1, 0.15) is 33.5 Å². The van der Waals surface area contributed by atoms with E-state index in [1.807, 2.05) is 0 Å². The van der Waals surface area contributed by atoms with E-state index < -0.39 is 45.6 Å². The average molecular weight is 435 g/mol. The van der Waals surface area contributed by atoms with Gasteiger partial charge in [0.05, 0.1) is 30.2 Å². The van der Waals surface area contributed by atoms with Crippen LogP contribution in [0.25, 0.3) is 0 Å². The maximum Gasteiger partial charge on any atom is 0.261 e. The first kappa shape index (κ1) is 22.1. The number of hydrogen-bond donors (Lipinski definition) is 4. The number of hydrogen-bond acceptors (Lipinski definition) is 6. The summed E-state index contributed by atoms with van der Waals surface area (Å²) in [6.45, 7) is 1.73. The van der Waals surface area contributed by atoms with Crippen LogP contribution in [0.2, 0.25) is 0 Å². The summed E-state index contributed by atoms with van der Waals surface area (Å²) in [6, 6.07) is 1.69. The molecular formula is C17H24F3N5O3S. The first-order valence-electron chi connectivity index (χ1n) is 8.21. The molecule has 2 rings (SSSR count). The molecule has 0 saturated carbocycles. The van der Waals surface area contributed by atoms with Crippen molar-refractivity contribution in [2.24, 2.45) is 0 Å². The molecular weight excluding hydrogens is 411 g/mol. The highest BCUT2D eigenvalue weighted by atomic mass is 32.2. The highest BCUT2D eigenvalue weighted by molar-refractivity contribution is 7.86. The number of aromatic nitrogens is 1. The van der Waals surface area contributed by atoms with Crippen molar-refractivity contribution < 1.29 is 31.2 Å². The zero-order valence-corrected chi connectivity index (χ0v) is 16.3. The molecule has 8 nitrogen and oxygen atoms in total. The van der Waals surface area contributed by atoms with Gasteiger partial charge in [0.15, 0.2) is 17.5 Å². The minimum absolute atomic E-state index is 0. The summed E-state index contributed by atoms with van der Waals surface area (Å²) in [4.78, 5) is 16.2. The molecule has 162 valence electrons. The normalized spacial score (nSPS) is 11.6. The number of carbonyl (C=O) groups is 1. The molecule has 0 spiro atoms. The molecule has 5 N–H and O–H groups in total. The van der Waals surface area contributed by atoms with Crippen LogP contribution >= 0.6 is 0 Å². The van der Waals surface area contributed by atoms with E-state index in [1.54, 1.807) is 6.92 Å². The first-order chi connectivity index (χ1) is 13.7. The Kier molecular flexibility index (Phi) is 7.15. The van der Waals surface area contributed by atoms with Gasteiger partial charge in [-0.3, -0.25) is 10.2 Å². The quantitative estimate of drug-likeness (QED) is 0.300. The SMILES string of the molecule is CCCS(=O)Nc1cc(F)c(F)c(C(=O)Nc2cnc(N)c(C(=N)OC)c2)c1F.[HH].[HH].[HH]. The molecule has 1 heterocycles. The van der Waals surface area contributed by atoms with E-state index in [9.17, 15) is 22.2 Å². The average Bonchev–Trinajstić information content (AvgIpc) is 2.67. The largest absolute Gasteiger partial charge is 0.481 e. The Morgan fingerprint density at radius 2 is 2.03 bits per heavy atom. The Hall–Kier alpha value is -3.15. The van der Waals surface area contributed by atoms with Crippen LogP contribution in [0.15, 0.2) is 18.3 Å². The molecule has 29 heavy (non-hydrogen) atoms. The van der Waals surface area contributed by atoms with Crippen molar-refractivity contribution >= 4 is 40.0 Å². The van der Waals surface area contributed by atoms with Crippen molar-refractivity contribution in [2.45, 2.75) is 13.3 Å². The number of amides is 1. The zero-order chi connectivity index (χ0) is 21.7. The smallest absolute Gasteiger partial charge is 0.261 e.